The number of benzene rings is 2. The van der Waals surface area contributed by atoms with E-state index in [0.29, 0.717) is 0 Å². The molecule has 1 aromatic heterocycles. The Morgan fingerprint density at radius 3 is 2.65 bits per heavy atom. The third kappa shape index (κ3) is 1.58. The predicted molar refractivity (Wildman–Crippen MR) is 82.4 cm³/mol. The lowest BCUT2D eigenvalue weighted by molar-refractivity contribution is 0.596. The van der Waals surface area contributed by atoms with Crippen LogP contribution >= 0.6 is 0 Å². The van der Waals surface area contributed by atoms with Crippen LogP contribution in [0.15, 0.2) is 48.2 Å². The van der Waals surface area contributed by atoms with Crippen molar-refractivity contribution in [2.75, 3.05) is 0 Å². The fourth-order valence-corrected chi connectivity index (χ4v) is 2.82. The lowest BCUT2D eigenvalue weighted by Gasteiger charge is -2.05. The van der Waals surface area contributed by atoms with Crippen LogP contribution in [0.2, 0.25) is 0 Å². The van der Waals surface area contributed by atoms with Crippen molar-refractivity contribution in [3.8, 4) is 0 Å². The van der Waals surface area contributed by atoms with E-state index in [2.05, 4.69) is 70.8 Å². The molecule has 0 unspecified atom stereocenters. The van der Waals surface area contributed by atoms with Crippen molar-refractivity contribution in [2.45, 2.75) is 13.3 Å². The molecule has 1 aliphatic heterocycles. The van der Waals surface area contributed by atoms with Crippen LogP contribution in [0.3, 0.4) is 0 Å². The highest BCUT2D eigenvalue weighted by Crippen LogP contribution is 2.28. The Kier molecular flexibility index (Phi) is 2.44. The molecule has 0 saturated carbocycles. The van der Waals surface area contributed by atoms with Gasteiger partial charge in [0, 0.05) is 27.4 Å². The second-order valence-corrected chi connectivity index (χ2v) is 5.01. The fraction of sp³-hybridized carbons (Fsp3) is 0.125. The maximum absolute atomic E-state index is 3.45. The van der Waals surface area contributed by atoms with Gasteiger partial charge in [-0.3, -0.25) is 0 Å². The topological polar surface area (TPSA) is 51.9 Å². The first-order chi connectivity index (χ1) is 9.86. The van der Waals surface area contributed by atoms with Gasteiger partial charge in [-0.05, 0) is 24.6 Å². The number of H-pyrrole nitrogens is 1. The van der Waals surface area contributed by atoms with Gasteiger partial charge in [-0.25, -0.2) is 0 Å². The van der Waals surface area contributed by atoms with Gasteiger partial charge in [0.05, 0.1) is 11.4 Å². The molecule has 0 bridgehead atoms. The minimum Gasteiger partial charge on any atom is -0.355 e. The summed E-state index contributed by atoms with van der Waals surface area (Å²) in [6.45, 7) is 2.14. The van der Waals surface area contributed by atoms with Gasteiger partial charge in [0.1, 0.15) is 0 Å². The van der Waals surface area contributed by atoms with Crippen molar-refractivity contribution in [3.63, 3.8) is 0 Å². The van der Waals surface area contributed by atoms with E-state index < -0.39 is 0 Å². The Morgan fingerprint density at radius 1 is 0.900 bits per heavy atom. The lowest BCUT2D eigenvalue weighted by Crippen LogP contribution is -2.32. The first-order valence-electron chi connectivity index (χ1n) is 6.88. The first-order valence-corrected chi connectivity index (χ1v) is 6.88. The molecule has 4 nitrogen and oxygen atoms in total. The van der Waals surface area contributed by atoms with E-state index in [0.717, 1.165) is 12.1 Å². The molecule has 3 aromatic rings. The second-order valence-electron chi connectivity index (χ2n) is 5.01. The average molecular weight is 264 g/mol. The molecule has 0 saturated heterocycles. The van der Waals surface area contributed by atoms with Crippen molar-refractivity contribution in [2.24, 2.45) is 0 Å². The number of hydrogen-bond acceptors (Lipinski definition) is 3. The summed E-state index contributed by atoms with van der Waals surface area (Å²) in [5, 5.41) is 2.52. The molecule has 100 valence electrons. The molecule has 0 radical (unpaired) electrons. The van der Waals surface area contributed by atoms with Crippen LogP contribution in [-0.2, 0) is 0 Å². The second kappa shape index (κ2) is 4.28. The SMILES string of the molecule is CCC1=C(c2ccc3[nH]c4ccccc4c3c2)NNN1. The average Bonchev–Trinajstić information content (AvgIpc) is 3.10. The molecule has 1 aliphatic rings. The number of hydrogen-bond donors (Lipinski definition) is 4. The number of hydrazine groups is 2. The zero-order chi connectivity index (χ0) is 13.5. The monoisotopic (exact) mass is 264 g/mol. The van der Waals surface area contributed by atoms with E-state index in [1.165, 1.54) is 33.1 Å². The van der Waals surface area contributed by atoms with Gasteiger partial charge in [-0.2, -0.15) is 5.53 Å². The van der Waals surface area contributed by atoms with Crippen molar-refractivity contribution < 1.29 is 0 Å². The highest BCUT2D eigenvalue weighted by atomic mass is 15.6. The van der Waals surface area contributed by atoms with Gasteiger partial charge in [0.2, 0.25) is 0 Å². The molecule has 0 amide bonds. The minimum atomic E-state index is 0.960. The Balaban J connectivity index is 1.96. The van der Waals surface area contributed by atoms with Crippen LogP contribution in [0.4, 0.5) is 0 Å². The maximum atomic E-state index is 3.45. The normalized spacial score (nSPS) is 14.8. The zero-order valence-corrected chi connectivity index (χ0v) is 11.2. The summed E-state index contributed by atoms with van der Waals surface area (Å²) >= 11 is 0. The summed E-state index contributed by atoms with van der Waals surface area (Å²) in [6.07, 6.45) is 0.960. The molecule has 4 rings (SSSR count). The Hall–Kier alpha value is -2.46. The fourth-order valence-electron chi connectivity index (χ4n) is 2.82. The quantitative estimate of drug-likeness (QED) is 0.575. The molecule has 20 heavy (non-hydrogen) atoms. The number of aromatic nitrogens is 1. The van der Waals surface area contributed by atoms with Gasteiger partial charge in [-0.15, -0.1) is 0 Å². The Morgan fingerprint density at radius 2 is 1.75 bits per heavy atom. The standard InChI is InChI=1S/C16H16N4/c1-2-13-16(19-20-18-13)10-7-8-15-12(9-10)11-5-3-4-6-14(11)17-15/h3-9,17-20H,2H2,1H3. The molecule has 2 aromatic carbocycles. The van der Waals surface area contributed by atoms with E-state index in [9.17, 15) is 0 Å². The van der Waals surface area contributed by atoms with E-state index in [1.807, 2.05) is 0 Å². The number of allylic oxidation sites excluding steroid dienone is 1. The van der Waals surface area contributed by atoms with Crippen molar-refractivity contribution in [1.82, 2.24) is 21.4 Å². The van der Waals surface area contributed by atoms with Crippen LogP contribution in [0.1, 0.15) is 18.9 Å². The van der Waals surface area contributed by atoms with E-state index >= 15 is 0 Å². The molecule has 0 spiro atoms. The molecule has 0 atom stereocenters. The summed E-state index contributed by atoms with van der Waals surface area (Å²) in [4.78, 5) is 3.45. The van der Waals surface area contributed by atoms with Crippen LogP contribution in [0.25, 0.3) is 27.5 Å². The molecular formula is C16H16N4. The molecule has 4 N–H and O–H groups in total. The molecule has 0 fully saturated rings. The highest BCUT2D eigenvalue weighted by Gasteiger charge is 2.14. The van der Waals surface area contributed by atoms with Crippen LogP contribution in [0, 0.1) is 0 Å². The Labute approximate surface area is 116 Å². The van der Waals surface area contributed by atoms with E-state index in [1.54, 1.807) is 0 Å². The van der Waals surface area contributed by atoms with Gasteiger partial charge >= 0.3 is 0 Å². The third-order valence-corrected chi connectivity index (χ3v) is 3.85. The molecule has 2 heterocycles. The maximum Gasteiger partial charge on any atom is 0.0781 e. The van der Waals surface area contributed by atoms with Gasteiger partial charge < -0.3 is 15.8 Å². The predicted octanol–water partition coefficient (Wildman–Crippen LogP) is 3.01. The first kappa shape index (κ1) is 11.4. The summed E-state index contributed by atoms with van der Waals surface area (Å²) in [7, 11) is 0. The number of rotatable bonds is 2. The van der Waals surface area contributed by atoms with Gasteiger partial charge in [0.25, 0.3) is 0 Å². The van der Waals surface area contributed by atoms with Crippen molar-refractivity contribution in [3.05, 3.63) is 53.7 Å². The molecule has 4 heteroatoms. The van der Waals surface area contributed by atoms with Gasteiger partial charge in [0.15, 0.2) is 0 Å². The van der Waals surface area contributed by atoms with Gasteiger partial charge in [-0.1, -0.05) is 31.2 Å². The Bertz CT molecular complexity index is 829. The highest BCUT2D eigenvalue weighted by molar-refractivity contribution is 6.08. The number of fused-ring (bicyclic) bond motifs is 3. The number of aromatic amines is 1. The molecular weight excluding hydrogens is 248 g/mol. The van der Waals surface area contributed by atoms with Crippen molar-refractivity contribution in [1.29, 1.82) is 0 Å². The summed E-state index contributed by atoms with van der Waals surface area (Å²) in [5.74, 6) is 0. The van der Waals surface area contributed by atoms with E-state index in [-0.39, 0.29) is 0 Å². The minimum absolute atomic E-state index is 0.960. The molecule has 0 aliphatic carbocycles. The summed E-state index contributed by atoms with van der Waals surface area (Å²) in [5.41, 5.74) is 15.2. The van der Waals surface area contributed by atoms with Crippen LogP contribution in [0.5, 0.6) is 0 Å². The van der Waals surface area contributed by atoms with Crippen LogP contribution in [-0.4, -0.2) is 4.98 Å². The van der Waals surface area contributed by atoms with E-state index in [4.69, 9.17) is 0 Å². The summed E-state index contributed by atoms with van der Waals surface area (Å²) < 4.78 is 0. The third-order valence-electron chi connectivity index (χ3n) is 3.85. The largest absolute Gasteiger partial charge is 0.355 e. The summed E-state index contributed by atoms with van der Waals surface area (Å²) in [6, 6.07) is 14.9. The smallest absolute Gasteiger partial charge is 0.0781 e. The number of para-hydroxylation sites is 1. The van der Waals surface area contributed by atoms with Crippen molar-refractivity contribution >= 4 is 27.5 Å². The lowest BCUT2D eigenvalue weighted by atomic mass is 10.1. The zero-order valence-electron chi connectivity index (χ0n) is 11.2. The van der Waals surface area contributed by atoms with Crippen LogP contribution < -0.4 is 16.4 Å². The number of nitrogens with one attached hydrogen (secondary N) is 4.